The summed E-state index contributed by atoms with van der Waals surface area (Å²) < 4.78 is 0. The highest BCUT2D eigenvalue weighted by Gasteiger charge is 2.14. The largest absolute Gasteiger partial charge is 0.306 e. The van der Waals surface area contributed by atoms with Crippen molar-refractivity contribution in [3.8, 4) is 0 Å². The Bertz CT molecular complexity index is 334. The first-order valence-corrected chi connectivity index (χ1v) is 5.87. The van der Waals surface area contributed by atoms with Crippen LogP contribution in [0.5, 0.6) is 0 Å². The number of para-hydroxylation sites is 1. The Morgan fingerprint density at radius 1 is 1.38 bits per heavy atom. The Labute approximate surface area is 97.2 Å². The number of benzene rings is 1. The quantitative estimate of drug-likeness (QED) is 0.622. The summed E-state index contributed by atoms with van der Waals surface area (Å²) in [6, 6.07) is 10.1. The smallest absolute Gasteiger partial charge is 0.0561 e. The molecule has 1 aliphatic rings. The van der Waals surface area contributed by atoms with Gasteiger partial charge < -0.3 is 4.90 Å². The van der Waals surface area contributed by atoms with Gasteiger partial charge in [0.1, 0.15) is 0 Å². The molecule has 0 aromatic heterocycles. The fourth-order valence-corrected chi connectivity index (χ4v) is 2.06. The Morgan fingerprint density at radius 2 is 2.19 bits per heavy atom. The zero-order valence-electron chi connectivity index (χ0n) is 9.76. The predicted octanol–water partition coefficient (Wildman–Crippen LogP) is 2.43. The van der Waals surface area contributed by atoms with Crippen molar-refractivity contribution in [2.75, 3.05) is 25.6 Å². The third-order valence-electron chi connectivity index (χ3n) is 2.91. The van der Waals surface area contributed by atoms with Crippen LogP contribution in [0.2, 0.25) is 0 Å². The van der Waals surface area contributed by atoms with Gasteiger partial charge in [-0.1, -0.05) is 18.2 Å². The second kappa shape index (κ2) is 5.66. The van der Waals surface area contributed by atoms with Gasteiger partial charge in [0, 0.05) is 18.7 Å². The van der Waals surface area contributed by atoms with Gasteiger partial charge in [0.2, 0.25) is 0 Å². The number of hydrogen-bond acceptors (Lipinski definition) is 3. The molecule has 0 bridgehead atoms. The van der Waals surface area contributed by atoms with Gasteiger partial charge in [-0.25, -0.2) is 0 Å². The lowest BCUT2D eigenvalue weighted by Gasteiger charge is -2.26. The predicted molar refractivity (Wildman–Crippen MR) is 68.8 cm³/mol. The number of likely N-dealkylation sites (tertiary alicyclic amines) is 1. The highest BCUT2D eigenvalue weighted by atomic mass is 15.3. The third kappa shape index (κ3) is 3.35. The topological polar surface area (TPSA) is 27.6 Å². The molecule has 1 aromatic carbocycles. The molecule has 0 amide bonds. The van der Waals surface area contributed by atoms with E-state index in [2.05, 4.69) is 22.5 Å². The molecule has 1 N–H and O–H groups in total. The first-order chi connectivity index (χ1) is 7.84. The van der Waals surface area contributed by atoms with Gasteiger partial charge >= 0.3 is 0 Å². The highest BCUT2D eigenvalue weighted by Crippen LogP contribution is 2.13. The van der Waals surface area contributed by atoms with E-state index >= 15 is 0 Å². The summed E-state index contributed by atoms with van der Waals surface area (Å²) in [6.07, 6.45) is 4.57. The van der Waals surface area contributed by atoms with Crippen molar-refractivity contribution in [1.29, 1.82) is 0 Å². The highest BCUT2D eigenvalue weighted by molar-refractivity contribution is 5.62. The fraction of sp³-hybridized carbons (Fsp3) is 0.462. The SMILES string of the molecule is CN1CCCC(/C=N/Nc2ccccc2)C1. The molecule has 1 unspecified atom stereocenters. The first-order valence-electron chi connectivity index (χ1n) is 5.87. The molecule has 2 rings (SSSR count). The van der Waals surface area contributed by atoms with Gasteiger partial charge in [0.05, 0.1) is 5.69 Å². The van der Waals surface area contributed by atoms with Gasteiger partial charge in [-0.15, -0.1) is 0 Å². The molecule has 86 valence electrons. The van der Waals surface area contributed by atoms with E-state index in [0.29, 0.717) is 5.92 Å². The first kappa shape index (κ1) is 11.1. The lowest BCUT2D eigenvalue weighted by Crippen LogP contribution is -2.32. The van der Waals surface area contributed by atoms with E-state index in [1.807, 2.05) is 36.5 Å². The Balaban J connectivity index is 1.81. The minimum Gasteiger partial charge on any atom is -0.306 e. The van der Waals surface area contributed by atoms with Crippen molar-refractivity contribution >= 4 is 11.9 Å². The molecule has 16 heavy (non-hydrogen) atoms. The number of hydrazone groups is 1. The van der Waals surface area contributed by atoms with E-state index in [1.165, 1.54) is 19.4 Å². The van der Waals surface area contributed by atoms with Gasteiger partial charge in [0.25, 0.3) is 0 Å². The summed E-state index contributed by atoms with van der Waals surface area (Å²) >= 11 is 0. The van der Waals surface area contributed by atoms with Crippen molar-refractivity contribution in [2.45, 2.75) is 12.8 Å². The van der Waals surface area contributed by atoms with Crippen molar-refractivity contribution in [3.63, 3.8) is 0 Å². The number of nitrogens with one attached hydrogen (secondary N) is 1. The lowest BCUT2D eigenvalue weighted by molar-refractivity contribution is 0.249. The van der Waals surface area contributed by atoms with Crippen LogP contribution in [0.3, 0.4) is 0 Å². The summed E-state index contributed by atoms with van der Waals surface area (Å²) in [7, 11) is 2.17. The lowest BCUT2D eigenvalue weighted by atomic mass is 10.0. The molecule has 1 saturated heterocycles. The average molecular weight is 217 g/mol. The molecular formula is C13H19N3. The minimum absolute atomic E-state index is 0.593. The Morgan fingerprint density at radius 3 is 2.94 bits per heavy atom. The van der Waals surface area contributed by atoms with Crippen molar-refractivity contribution in [2.24, 2.45) is 11.0 Å². The summed E-state index contributed by atoms with van der Waals surface area (Å²) in [5.41, 5.74) is 4.10. The zero-order valence-corrected chi connectivity index (χ0v) is 9.76. The van der Waals surface area contributed by atoms with Gasteiger partial charge in [-0.2, -0.15) is 5.10 Å². The molecule has 0 spiro atoms. The number of piperidine rings is 1. The maximum absolute atomic E-state index is 4.30. The number of hydrogen-bond donors (Lipinski definition) is 1. The standard InChI is InChI=1S/C13H19N3/c1-16-9-5-6-12(11-16)10-14-15-13-7-3-2-4-8-13/h2-4,7-8,10,12,15H,5-6,9,11H2,1H3/b14-10+. The summed E-state index contributed by atoms with van der Waals surface area (Å²) in [5, 5.41) is 4.30. The van der Waals surface area contributed by atoms with E-state index in [9.17, 15) is 0 Å². The molecular weight excluding hydrogens is 198 g/mol. The molecule has 0 radical (unpaired) electrons. The van der Waals surface area contributed by atoms with E-state index in [0.717, 1.165) is 12.2 Å². The van der Waals surface area contributed by atoms with Crippen LogP contribution in [0.4, 0.5) is 5.69 Å². The Kier molecular flexibility index (Phi) is 3.94. The summed E-state index contributed by atoms with van der Waals surface area (Å²) in [5.74, 6) is 0.593. The Hall–Kier alpha value is -1.35. The van der Waals surface area contributed by atoms with Gasteiger partial charge in [-0.05, 0) is 38.6 Å². The minimum atomic E-state index is 0.593. The fourth-order valence-electron chi connectivity index (χ4n) is 2.06. The second-order valence-corrected chi connectivity index (χ2v) is 4.42. The third-order valence-corrected chi connectivity index (χ3v) is 2.91. The van der Waals surface area contributed by atoms with Crippen LogP contribution in [0, 0.1) is 5.92 Å². The normalized spacial score (nSPS) is 22.4. The molecule has 1 aromatic rings. The van der Waals surface area contributed by atoms with Crippen molar-refractivity contribution in [3.05, 3.63) is 30.3 Å². The monoisotopic (exact) mass is 217 g/mol. The van der Waals surface area contributed by atoms with Crippen LogP contribution < -0.4 is 5.43 Å². The molecule has 1 atom stereocenters. The van der Waals surface area contributed by atoms with Crippen LogP contribution in [-0.4, -0.2) is 31.3 Å². The van der Waals surface area contributed by atoms with Crippen molar-refractivity contribution in [1.82, 2.24) is 4.90 Å². The molecule has 3 nitrogen and oxygen atoms in total. The average Bonchev–Trinajstić information content (AvgIpc) is 2.30. The summed E-state index contributed by atoms with van der Waals surface area (Å²) in [4.78, 5) is 2.36. The molecule has 0 aliphatic carbocycles. The molecule has 1 aliphatic heterocycles. The van der Waals surface area contributed by atoms with Gasteiger partial charge in [-0.3, -0.25) is 5.43 Å². The maximum atomic E-state index is 4.30. The molecule has 1 heterocycles. The van der Waals surface area contributed by atoms with Crippen LogP contribution in [0.1, 0.15) is 12.8 Å². The van der Waals surface area contributed by atoms with Crippen molar-refractivity contribution < 1.29 is 0 Å². The molecule has 1 fully saturated rings. The van der Waals surface area contributed by atoms with Gasteiger partial charge in [0.15, 0.2) is 0 Å². The van der Waals surface area contributed by atoms with Crippen LogP contribution in [0.15, 0.2) is 35.4 Å². The number of anilines is 1. The number of nitrogens with zero attached hydrogens (tertiary/aromatic N) is 2. The second-order valence-electron chi connectivity index (χ2n) is 4.42. The van der Waals surface area contributed by atoms with E-state index in [4.69, 9.17) is 0 Å². The number of rotatable bonds is 3. The molecule has 0 saturated carbocycles. The van der Waals surface area contributed by atoms with E-state index in [1.54, 1.807) is 0 Å². The van der Waals surface area contributed by atoms with E-state index < -0.39 is 0 Å². The molecule has 3 heteroatoms. The van der Waals surface area contributed by atoms with Crippen LogP contribution >= 0.6 is 0 Å². The van der Waals surface area contributed by atoms with Crippen LogP contribution in [-0.2, 0) is 0 Å². The summed E-state index contributed by atoms with van der Waals surface area (Å²) in [6.45, 7) is 2.34. The zero-order chi connectivity index (χ0) is 11.2. The van der Waals surface area contributed by atoms with Crippen LogP contribution in [0.25, 0.3) is 0 Å². The van der Waals surface area contributed by atoms with E-state index in [-0.39, 0.29) is 0 Å². The maximum Gasteiger partial charge on any atom is 0.0561 e.